The van der Waals surface area contributed by atoms with E-state index in [9.17, 15) is 13.2 Å². The second-order valence-corrected chi connectivity index (χ2v) is 6.22. The molecule has 0 saturated carbocycles. The lowest BCUT2D eigenvalue weighted by Gasteiger charge is -2.10. The van der Waals surface area contributed by atoms with Crippen molar-refractivity contribution in [2.75, 3.05) is 11.1 Å². The van der Waals surface area contributed by atoms with E-state index in [-0.39, 0.29) is 5.75 Å². The molecular weight excluding hydrogens is 252 g/mol. The number of carbonyl (C=O) groups is 1. The Labute approximate surface area is 108 Å². The van der Waals surface area contributed by atoms with Crippen molar-refractivity contribution in [3.63, 3.8) is 0 Å². The monoisotopic (exact) mass is 270 g/mol. The van der Waals surface area contributed by atoms with Crippen molar-refractivity contribution in [3.8, 4) is 0 Å². The first-order valence-electron chi connectivity index (χ1n) is 5.75. The van der Waals surface area contributed by atoms with Gasteiger partial charge in [-0.05, 0) is 45.0 Å². The number of nitrogens with one attached hydrogen (secondary N) is 2. The van der Waals surface area contributed by atoms with Crippen LogP contribution in [0.3, 0.4) is 0 Å². The summed E-state index contributed by atoms with van der Waals surface area (Å²) in [5, 5.41) is 3.18. The molecule has 0 heterocycles. The van der Waals surface area contributed by atoms with E-state index in [4.69, 9.17) is 0 Å². The molecule has 0 radical (unpaired) electrons. The molecule has 0 saturated heterocycles. The minimum absolute atomic E-state index is 0.119. The second-order valence-electron chi connectivity index (χ2n) is 4.21. The van der Waals surface area contributed by atoms with Crippen LogP contribution in [0.15, 0.2) is 24.3 Å². The number of hydrogen-bond acceptors (Lipinski definition) is 4. The molecule has 1 amide bonds. The van der Waals surface area contributed by atoms with Gasteiger partial charge in [0.15, 0.2) is 0 Å². The zero-order chi connectivity index (χ0) is 13.8. The van der Waals surface area contributed by atoms with Crippen molar-refractivity contribution in [1.82, 2.24) is 4.72 Å². The van der Waals surface area contributed by atoms with E-state index in [0.717, 1.165) is 5.69 Å². The van der Waals surface area contributed by atoms with Gasteiger partial charge in [0, 0.05) is 17.3 Å². The standard InChI is InChI=1S/C12H18N2O3S/c1-4-18(16,17)14-12(15)10-5-7-11(8-6-10)13-9(2)3/h5-9,13H,4H2,1-3H3,(H,14,15). The molecule has 0 aliphatic rings. The lowest BCUT2D eigenvalue weighted by atomic mass is 10.2. The van der Waals surface area contributed by atoms with Gasteiger partial charge in [0.25, 0.3) is 5.91 Å². The van der Waals surface area contributed by atoms with Gasteiger partial charge < -0.3 is 5.32 Å². The van der Waals surface area contributed by atoms with Crippen LogP contribution in [0.1, 0.15) is 31.1 Å². The Hall–Kier alpha value is -1.56. The summed E-state index contributed by atoms with van der Waals surface area (Å²) in [7, 11) is -3.51. The van der Waals surface area contributed by atoms with Crippen LogP contribution >= 0.6 is 0 Å². The molecule has 18 heavy (non-hydrogen) atoms. The second kappa shape index (κ2) is 5.86. The van der Waals surface area contributed by atoms with Crippen molar-refractivity contribution < 1.29 is 13.2 Å². The number of rotatable bonds is 5. The SMILES string of the molecule is CCS(=O)(=O)NC(=O)c1ccc(NC(C)C)cc1. The van der Waals surface area contributed by atoms with Crippen LogP contribution in [0.25, 0.3) is 0 Å². The number of benzene rings is 1. The summed E-state index contributed by atoms with van der Waals surface area (Å²) in [6.07, 6.45) is 0. The summed E-state index contributed by atoms with van der Waals surface area (Å²) in [6.45, 7) is 5.49. The fourth-order valence-corrected chi connectivity index (χ4v) is 1.87. The highest BCUT2D eigenvalue weighted by atomic mass is 32.2. The molecule has 1 aromatic carbocycles. The lowest BCUT2D eigenvalue weighted by molar-refractivity contribution is 0.0981. The molecule has 0 atom stereocenters. The van der Waals surface area contributed by atoms with Gasteiger partial charge in [-0.15, -0.1) is 0 Å². The maximum Gasteiger partial charge on any atom is 0.264 e. The summed E-state index contributed by atoms with van der Waals surface area (Å²) in [5.74, 6) is -0.723. The topological polar surface area (TPSA) is 75.3 Å². The Bertz CT molecular complexity index is 507. The fraction of sp³-hybridized carbons (Fsp3) is 0.417. The molecule has 100 valence electrons. The number of amides is 1. The Balaban J connectivity index is 2.76. The van der Waals surface area contributed by atoms with Crippen LogP contribution in [-0.2, 0) is 10.0 Å². The van der Waals surface area contributed by atoms with Gasteiger partial charge in [0.05, 0.1) is 5.75 Å². The highest BCUT2D eigenvalue weighted by molar-refractivity contribution is 7.90. The van der Waals surface area contributed by atoms with Gasteiger partial charge >= 0.3 is 0 Å². The minimum Gasteiger partial charge on any atom is -0.383 e. The van der Waals surface area contributed by atoms with E-state index >= 15 is 0 Å². The highest BCUT2D eigenvalue weighted by Gasteiger charge is 2.13. The molecule has 0 aliphatic carbocycles. The summed E-state index contributed by atoms with van der Waals surface area (Å²) in [5.41, 5.74) is 1.21. The minimum atomic E-state index is -3.51. The summed E-state index contributed by atoms with van der Waals surface area (Å²) >= 11 is 0. The van der Waals surface area contributed by atoms with E-state index in [1.165, 1.54) is 6.92 Å². The van der Waals surface area contributed by atoms with Crippen LogP contribution in [-0.4, -0.2) is 26.1 Å². The molecule has 2 N–H and O–H groups in total. The summed E-state index contributed by atoms with van der Waals surface area (Å²) in [6, 6.07) is 6.96. The molecule has 0 bridgehead atoms. The molecular formula is C12H18N2O3S. The first-order chi connectivity index (χ1) is 8.34. The molecule has 0 unspecified atom stereocenters. The normalized spacial score (nSPS) is 11.3. The van der Waals surface area contributed by atoms with Crippen LogP contribution in [0.2, 0.25) is 0 Å². The predicted octanol–water partition coefficient (Wildman–Crippen LogP) is 1.59. The Morgan fingerprint density at radius 1 is 1.22 bits per heavy atom. The third-order valence-corrected chi connectivity index (χ3v) is 3.49. The summed E-state index contributed by atoms with van der Waals surface area (Å²) in [4.78, 5) is 11.6. The van der Waals surface area contributed by atoms with Gasteiger partial charge in [-0.3, -0.25) is 4.79 Å². The molecule has 0 fully saturated rings. The zero-order valence-corrected chi connectivity index (χ0v) is 11.5. The molecule has 1 aromatic rings. The predicted molar refractivity (Wildman–Crippen MR) is 72.1 cm³/mol. The van der Waals surface area contributed by atoms with E-state index in [0.29, 0.717) is 11.6 Å². The van der Waals surface area contributed by atoms with E-state index in [1.807, 2.05) is 18.6 Å². The zero-order valence-electron chi connectivity index (χ0n) is 10.7. The van der Waals surface area contributed by atoms with Gasteiger partial charge in [0.1, 0.15) is 0 Å². The van der Waals surface area contributed by atoms with Crippen molar-refractivity contribution in [2.45, 2.75) is 26.8 Å². The molecule has 0 aromatic heterocycles. The maximum absolute atomic E-state index is 11.6. The van der Waals surface area contributed by atoms with E-state index in [2.05, 4.69) is 5.32 Å². The van der Waals surface area contributed by atoms with Crippen LogP contribution < -0.4 is 10.0 Å². The van der Waals surface area contributed by atoms with E-state index in [1.54, 1.807) is 24.3 Å². The summed E-state index contributed by atoms with van der Waals surface area (Å²) < 4.78 is 24.5. The van der Waals surface area contributed by atoms with Crippen LogP contribution in [0.5, 0.6) is 0 Å². The van der Waals surface area contributed by atoms with Crippen LogP contribution in [0.4, 0.5) is 5.69 Å². The molecule has 0 aliphatic heterocycles. The third kappa shape index (κ3) is 4.37. The van der Waals surface area contributed by atoms with Crippen molar-refractivity contribution in [1.29, 1.82) is 0 Å². The first-order valence-corrected chi connectivity index (χ1v) is 7.40. The number of anilines is 1. The third-order valence-electron chi connectivity index (χ3n) is 2.23. The molecule has 1 rings (SSSR count). The fourth-order valence-electron chi connectivity index (χ4n) is 1.32. The number of carbonyl (C=O) groups excluding carboxylic acids is 1. The Morgan fingerprint density at radius 3 is 2.22 bits per heavy atom. The van der Waals surface area contributed by atoms with E-state index < -0.39 is 15.9 Å². The quantitative estimate of drug-likeness (QED) is 0.852. The molecule has 0 spiro atoms. The van der Waals surface area contributed by atoms with Crippen molar-refractivity contribution >= 4 is 21.6 Å². The molecule has 6 heteroatoms. The number of hydrogen-bond donors (Lipinski definition) is 2. The van der Waals surface area contributed by atoms with Gasteiger partial charge in [0.2, 0.25) is 10.0 Å². The lowest BCUT2D eigenvalue weighted by Crippen LogP contribution is -2.31. The van der Waals surface area contributed by atoms with Crippen molar-refractivity contribution in [2.24, 2.45) is 0 Å². The highest BCUT2D eigenvalue weighted by Crippen LogP contribution is 2.10. The maximum atomic E-state index is 11.6. The average Bonchev–Trinajstić information content (AvgIpc) is 2.28. The molecule has 5 nitrogen and oxygen atoms in total. The van der Waals surface area contributed by atoms with Gasteiger partial charge in [-0.25, -0.2) is 13.1 Å². The first kappa shape index (κ1) is 14.5. The van der Waals surface area contributed by atoms with Gasteiger partial charge in [-0.2, -0.15) is 0 Å². The average molecular weight is 270 g/mol. The Morgan fingerprint density at radius 2 is 1.78 bits per heavy atom. The smallest absolute Gasteiger partial charge is 0.264 e. The number of sulfonamides is 1. The van der Waals surface area contributed by atoms with Crippen molar-refractivity contribution in [3.05, 3.63) is 29.8 Å². The van der Waals surface area contributed by atoms with Gasteiger partial charge in [-0.1, -0.05) is 0 Å². The largest absolute Gasteiger partial charge is 0.383 e. The van der Waals surface area contributed by atoms with Crippen LogP contribution in [0, 0.1) is 0 Å². The Kier molecular flexibility index (Phi) is 4.72.